The molecule has 0 saturated carbocycles. The lowest BCUT2D eigenvalue weighted by molar-refractivity contribution is -0.115. The molecule has 14 heavy (non-hydrogen) atoms. The zero-order valence-corrected chi connectivity index (χ0v) is 6.97. The van der Waals surface area contributed by atoms with Crippen LogP contribution < -0.4 is 5.32 Å². The highest BCUT2D eigenvalue weighted by Gasteiger charge is 2.26. The summed E-state index contributed by atoms with van der Waals surface area (Å²) in [7, 11) is 0. The lowest BCUT2D eigenvalue weighted by Gasteiger charge is -2.07. The van der Waals surface area contributed by atoms with Crippen LogP contribution >= 0.6 is 0 Å². The zero-order valence-electron chi connectivity index (χ0n) is 6.97. The Morgan fingerprint density at radius 1 is 1.43 bits per heavy atom. The van der Waals surface area contributed by atoms with Crippen LogP contribution in [0.2, 0.25) is 0 Å². The van der Waals surface area contributed by atoms with Crippen LogP contribution in [0.5, 0.6) is 0 Å². The van der Waals surface area contributed by atoms with Gasteiger partial charge in [0.1, 0.15) is 18.4 Å². The number of rotatable bonds is 2. The van der Waals surface area contributed by atoms with Crippen LogP contribution in [0.25, 0.3) is 0 Å². The van der Waals surface area contributed by atoms with Crippen molar-refractivity contribution in [2.45, 2.75) is 6.18 Å². The maximum absolute atomic E-state index is 11.7. The summed E-state index contributed by atoms with van der Waals surface area (Å²) in [6.45, 7) is -1.13. The number of nitriles is 1. The molecule has 0 atom stereocenters. The lowest BCUT2D eigenvalue weighted by atomic mass is 10.3. The molecule has 0 radical (unpaired) electrons. The fourth-order valence-electron chi connectivity index (χ4n) is 0.755. The standard InChI is InChI=1S/C8H6F3N3/c9-8(10,11)5-14-7-2-1-6(3-12)4-13-7/h1-2,4H,5H2,(H,13,14). The van der Waals surface area contributed by atoms with Gasteiger partial charge >= 0.3 is 6.18 Å². The largest absolute Gasteiger partial charge is 0.405 e. The topological polar surface area (TPSA) is 48.7 Å². The van der Waals surface area contributed by atoms with Gasteiger partial charge in [-0.2, -0.15) is 18.4 Å². The number of anilines is 1. The highest BCUT2D eigenvalue weighted by Crippen LogP contribution is 2.15. The van der Waals surface area contributed by atoms with Gasteiger partial charge in [-0.1, -0.05) is 0 Å². The van der Waals surface area contributed by atoms with Gasteiger partial charge in [-0.25, -0.2) is 4.98 Å². The third-order valence-electron chi connectivity index (χ3n) is 1.36. The Hall–Kier alpha value is -1.77. The summed E-state index contributed by atoms with van der Waals surface area (Å²) in [5.74, 6) is 0.0984. The highest BCUT2D eigenvalue weighted by molar-refractivity contribution is 5.38. The Morgan fingerprint density at radius 3 is 2.57 bits per heavy atom. The molecule has 0 saturated heterocycles. The molecule has 0 spiro atoms. The van der Waals surface area contributed by atoms with Crippen molar-refractivity contribution < 1.29 is 13.2 Å². The molecule has 1 aromatic heterocycles. The number of hydrogen-bond donors (Lipinski definition) is 1. The number of nitrogens with one attached hydrogen (secondary N) is 1. The normalized spacial score (nSPS) is 10.7. The third-order valence-corrected chi connectivity index (χ3v) is 1.36. The van der Waals surface area contributed by atoms with Crippen molar-refractivity contribution in [3.8, 4) is 6.07 Å². The van der Waals surface area contributed by atoms with Crippen LogP contribution in [0.15, 0.2) is 18.3 Å². The third kappa shape index (κ3) is 3.31. The van der Waals surface area contributed by atoms with E-state index >= 15 is 0 Å². The first-order valence-corrected chi connectivity index (χ1v) is 3.68. The van der Waals surface area contributed by atoms with E-state index in [0.29, 0.717) is 5.56 Å². The second-order valence-electron chi connectivity index (χ2n) is 2.51. The molecule has 0 aliphatic rings. The van der Waals surface area contributed by atoms with Gasteiger partial charge in [-0.15, -0.1) is 0 Å². The second kappa shape index (κ2) is 3.96. The highest BCUT2D eigenvalue weighted by atomic mass is 19.4. The van der Waals surface area contributed by atoms with E-state index < -0.39 is 12.7 Å². The number of aromatic nitrogens is 1. The van der Waals surface area contributed by atoms with Gasteiger partial charge in [-0.05, 0) is 12.1 Å². The summed E-state index contributed by atoms with van der Waals surface area (Å²) in [5, 5.41) is 10.5. The van der Waals surface area contributed by atoms with E-state index in [9.17, 15) is 13.2 Å². The SMILES string of the molecule is N#Cc1ccc(NCC(F)(F)F)nc1. The molecular formula is C8H6F3N3. The van der Waals surface area contributed by atoms with Crippen molar-refractivity contribution in [1.82, 2.24) is 4.98 Å². The fraction of sp³-hybridized carbons (Fsp3) is 0.250. The second-order valence-corrected chi connectivity index (χ2v) is 2.51. The molecule has 6 heteroatoms. The first kappa shape index (κ1) is 10.3. The van der Waals surface area contributed by atoms with Crippen LogP contribution in [0.3, 0.4) is 0 Å². The molecule has 3 nitrogen and oxygen atoms in total. The zero-order chi connectivity index (χ0) is 10.6. The molecule has 74 valence electrons. The molecule has 1 rings (SSSR count). The molecule has 0 aliphatic carbocycles. The Morgan fingerprint density at radius 2 is 2.14 bits per heavy atom. The molecule has 0 aromatic carbocycles. The van der Waals surface area contributed by atoms with Gasteiger partial charge in [0.2, 0.25) is 0 Å². The summed E-state index contributed by atoms with van der Waals surface area (Å²) in [5.41, 5.74) is 0.308. The van der Waals surface area contributed by atoms with E-state index in [1.165, 1.54) is 18.3 Å². The number of alkyl halides is 3. The molecule has 0 fully saturated rings. The van der Waals surface area contributed by atoms with Crippen molar-refractivity contribution >= 4 is 5.82 Å². The number of pyridine rings is 1. The molecule has 0 amide bonds. The van der Waals surface area contributed by atoms with Crippen LogP contribution in [0.4, 0.5) is 19.0 Å². The van der Waals surface area contributed by atoms with E-state index in [-0.39, 0.29) is 5.82 Å². The van der Waals surface area contributed by atoms with Crippen LogP contribution in [0, 0.1) is 11.3 Å². The van der Waals surface area contributed by atoms with Crippen LogP contribution in [0.1, 0.15) is 5.56 Å². The summed E-state index contributed by atoms with van der Waals surface area (Å²) in [6.07, 6.45) is -3.06. The Bertz CT molecular complexity index is 336. The van der Waals surface area contributed by atoms with Crippen LogP contribution in [-0.2, 0) is 0 Å². The predicted octanol–water partition coefficient (Wildman–Crippen LogP) is 1.93. The molecule has 0 aliphatic heterocycles. The minimum Gasteiger partial charge on any atom is -0.361 e. The maximum atomic E-state index is 11.7. The predicted molar refractivity (Wildman–Crippen MR) is 43.5 cm³/mol. The molecule has 1 N–H and O–H groups in total. The fourth-order valence-corrected chi connectivity index (χ4v) is 0.755. The molecule has 0 bridgehead atoms. The summed E-state index contributed by atoms with van der Waals surface area (Å²) in [4.78, 5) is 3.62. The summed E-state index contributed by atoms with van der Waals surface area (Å²) < 4.78 is 35.2. The Balaban J connectivity index is 2.58. The number of hydrogen-bond acceptors (Lipinski definition) is 3. The van der Waals surface area contributed by atoms with E-state index in [0.717, 1.165) is 0 Å². The Kier molecular flexibility index (Phi) is 2.92. The quantitative estimate of drug-likeness (QED) is 0.795. The molecule has 1 aromatic rings. The van der Waals surface area contributed by atoms with Crippen LogP contribution in [-0.4, -0.2) is 17.7 Å². The van der Waals surface area contributed by atoms with Gasteiger partial charge in [0.05, 0.1) is 5.56 Å². The van der Waals surface area contributed by atoms with E-state index in [2.05, 4.69) is 10.3 Å². The van der Waals surface area contributed by atoms with Gasteiger partial charge in [0.25, 0.3) is 0 Å². The van der Waals surface area contributed by atoms with Gasteiger partial charge in [-0.3, -0.25) is 0 Å². The number of nitrogens with zero attached hydrogens (tertiary/aromatic N) is 2. The minimum atomic E-state index is -4.27. The molecule has 0 unspecified atom stereocenters. The van der Waals surface area contributed by atoms with Gasteiger partial charge in [0, 0.05) is 6.20 Å². The lowest BCUT2D eigenvalue weighted by Crippen LogP contribution is -2.21. The van der Waals surface area contributed by atoms with Crippen molar-refractivity contribution in [3.63, 3.8) is 0 Å². The first-order chi connectivity index (χ1) is 6.51. The minimum absolute atomic E-state index is 0.0984. The van der Waals surface area contributed by atoms with Crippen molar-refractivity contribution in [3.05, 3.63) is 23.9 Å². The van der Waals surface area contributed by atoms with Crippen molar-refractivity contribution in [2.24, 2.45) is 0 Å². The van der Waals surface area contributed by atoms with E-state index in [1.54, 1.807) is 0 Å². The first-order valence-electron chi connectivity index (χ1n) is 3.68. The maximum Gasteiger partial charge on any atom is 0.405 e. The van der Waals surface area contributed by atoms with Crippen molar-refractivity contribution in [2.75, 3.05) is 11.9 Å². The monoisotopic (exact) mass is 201 g/mol. The Labute approximate surface area is 78.2 Å². The average molecular weight is 201 g/mol. The van der Waals surface area contributed by atoms with E-state index in [4.69, 9.17) is 5.26 Å². The van der Waals surface area contributed by atoms with Gasteiger partial charge in [0.15, 0.2) is 0 Å². The average Bonchev–Trinajstić information content (AvgIpc) is 2.14. The smallest absolute Gasteiger partial charge is 0.361 e. The molecular weight excluding hydrogens is 195 g/mol. The van der Waals surface area contributed by atoms with E-state index in [1.807, 2.05) is 6.07 Å². The van der Waals surface area contributed by atoms with Crippen molar-refractivity contribution in [1.29, 1.82) is 5.26 Å². The molecule has 1 heterocycles. The van der Waals surface area contributed by atoms with Gasteiger partial charge < -0.3 is 5.32 Å². The number of halogens is 3. The summed E-state index contributed by atoms with van der Waals surface area (Å²) in [6, 6.07) is 4.53. The summed E-state index contributed by atoms with van der Waals surface area (Å²) >= 11 is 0.